The van der Waals surface area contributed by atoms with E-state index in [4.69, 9.17) is 50.3 Å². The van der Waals surface area contributed by atoms with Gasteiger partial charge in [0.05, 0.1) is 16.7 Å². The quantitative estimate of drug-likeness (QED) is 0.126. The minimum absolute atomic E-state index is 0. The van der Waals surface area contributed by atoms with Crippen molar-refractivity contribution >= 4 is 66.2 Å². The molecule has 1 atom stereocenters. The molecule has 0 amide bonds. The summed E-state index contributed by atoms with van der Waals surface area (Å²) in [5.41, 5.74) is 13.0. The van der Waals surface area contributed by atoms with Crippen LogP contribution >= 0.6 is 0 Å². The van der Waals surface area contributed by atoms with Crippen LogP contribution in [0.3, 0.4) is 0 Å². The van der Waals surface area contributed by atoms with Crippen LogP contribution in [0.5, 0.6) is 0 Å². The average molecular weight is 2040 g/mol. The van der Waals surface area contributed by atoms with Crippen LogP contribution in [0.4, 0.5) is 0 Å². The fraction of sp³-hybridized carbons (Fsp3) is 0.173. The molecule has 0 saturated heterocycles. The van der Waals surface area contributed by atoms with Gasteiger partial charge in [0.1, 0.15) is 0 Å². The molecular weight excluding hydrogens is 1930 g/mol. The molecule has 18 aromatic rings. The molecule has 18 rings (SSSR count). The van der Waals surface area contributed by atoms with E-state index in [1.165, 1.54) is 37.5 Å². The van der Waals surface area contributed by atoms with Crippen molar-refractivity contribution in [1.29, 1.82) is 0 Å². The van der Waals surface area contributed by atoms with E-state index in [0.717, 1.165) is 73.6 Å². The number of benzene rings is 6. The summed E-state index contributed by atoms with van der Waals surface area (Å²) in [6.07, 6.45) is 6.45. The van der Waals surface area contributed by atoms with Gasteiger partial charge in [0, 0.05) is 168 Å². The molecule has 0 spiro atoms. The number of pyridine rings is 9. The number of nitrogens with zero attached hydrogens (tertiary/aromatic N) is 9. The minimum Gasteiger partial charge on any atom is -0.486 e. The smallest absolute Gasteiger partial charge is 0.216 e. The van der Waals surface area contributed by atoms with Gasteiger partial charge in [-0.15, -0.1) is 162 Å². The summed E-state index contributed by atoms with van der Waals surface area (Å²) in [7, 11) is 0. The van der Waals surface area contributed by atoms with Gasteiger partial charge in [0.2, 0.25) is 17.1 Å². The third-order valence-corrected chi connectivity index (χ3v) is 16.9. The molecule has 6 aromatic carbocycles. The molecule has 0 N–H and O–H groups in total. The third kappa shape index (κ3) is 20.6. The Balaban J connectivity index is 0.000000173. The van der Waals surface area contributed by atoms with Crippen LogP contribution in [0.25, 0.3) is 134 Å². The van der Waals surface area contributed by atoms with Crippen molar-refractivity contribution in [3.05, 3.63) is 341 Å². The van der Waals surface area contributed by atoms with Gasteiger partial charge in [0.15, 0.2) is 0 Å². The largest absolute Gasteiger partial charge is 0.486 e. The van der Waals surface area contributed by atoms with E-state index in [-0.39, 0.29) is 105 Å². The van der Waals surface area contributed by atoms with E-state index in [1.54, 1.807) is 121 Å². The van der Waals surface area contributed by atoms with Crippen LogP contribution in [0.2, 0.25) is 0 Å². The van der Waals surface area contributed by atoms with Crippen LogP contribution in [0, 0.1) is 111 Å². The van der Waals surface area contributed by atoms with Gasteiger partial charge in [-0.2, -0.15) is 0 Å². The van der Waals surface area contributed by atoms with Crippen LogP contribution < -0.4 is 0 Å². The average Bonchev–Trinajstić information content (AvgIpc) is 1.60. The summed E-state index contributed by atoms with van der Waals surface area (Å²) in [5.74, 6) is -1.89. The van der Waals surface area contributed by atoms with Crippen molar-refractivity contribution in [3.8, 4) is 67.5 Å². The van der Waals surface area contributed by atoms with Crippen molar-refractivity contribution in [2.45, 2.75) is 109 Å². The molecule has 12 heterocycles. The van der Waals surface area contributed by atoms with Gasteiger partial charge in [-0.25, -0.2) is 15.0 Å². The Bertz CT molecular complexity index is 7110. The molecule has 0 fully saturated rings. The summed E-state index contributed by atoms with van der Waals surface area (Å²) in [6, 6.07) is 76.1. The molecule has 0 aliphatic carbocycles. The summed E-state index contributed by atoms with van der Waals surface area (Å²) in [5, 5.41) is 5.57. The van der Waals surface area contributed by atoms with Crippen LogP contribution in [0.15, 0.2) is 251 Å². The zero-order valence-corrected chi connectivity index (χ0v) is 68.5. The maximum atomic E-state index is 8.35. The van der Waals surface area contributed by atoms with E-state index >= 15 is 0 Å². The van der Waals surface area contributed by atoms with Gasteiger partial charge < -0.3 is 43.2 Å². The van der Waals surface area contributed by atoms with E-state index in [0.29, 0.717) is 107 Å². The zero-order chi connectivity index (χ0) is 99.7. The number of furan rings is 3. The molecule has 12 aromatic heterocycles. The van der Waals surface area contributed by atoms with Gasteiger partial charge in [-0.3, -0.25) is 0 Å². The number of aryl methyl sites for hydroxylation is 10. The number of hydrogen-bond donors (Lipinski definition) is 0. The third-order valence-electron chi connectivity index (χ3n) is 16.9. The Morgan fingerprint density at radius 2 is 0.761 bits per heavy atom. The predicted octanol–water partition coefficient (Wildman–Crippen LogP) is 24.6. The standard InChI is InChI=1S/C21H19N2O.C20H17N2O.C18H13N2O.3C13H12N.3Ir/c1-13(2)11-15-9-10-22-19(12-15)18-6-4-5-16-17-8-7-14(3)23-21(17)24-20(16)18;1-12(2)14-9-10-21-18(11-14)17-6-4-5-15-16-8-7-13(3)22-20(16)23-19(15)17;1-11-6-9-16(19-10-11)15-5-3-4-13-14-8-7-12(2)20-18(14)21-17(13)15;3*1-10-8-13(14-9-11(10)2)12-6-4-3-5-7-12;;;/h4-5,7-10,12-13H,11H2,1-3H3;4-5,7-12H,1-3H3;3-4,6-10H,1-2H3;3*3-6,8-9H,1-2H3;;;/q6*-1;;;/i11D2;1D3,12D;1D3;3*1D3,2D3;;;. The van der Waals surface area contributed by atoms with Crippen molar-refractivity contribution < 1.29 is 111 Å². The number of fused-ring (bicyclic) bond motifs is 9. The van der Waals surface area contributed by atoms with Crippen molar-refractivity contribution in [3.63, 3.8) is 0 Å². The van der Waals surface area contributed by atoms with E-state index < -0.39 is 67.1 Å². The molecule has 0 aliphatic heterocycles. The predicted molar refractivity (Wildman–Crippen MR) is 446 cm³/mol. The molecule has 15 heteroatoms. The van der Waals surface area contributed by atoms with E-state index in [2.05, 4.69) is 81.3 Å². The maximum absolute atomic E-state index is 8.35. The first-order valence-corrected chi connectivity index (χ1v) is 34.5. The Morgan fingerprint density at radius 1 is 0.363 bits per heavy atom. The van der Waals surface area contributed by atoms with Crippen molar-refractivity contribution in [2.24, 2.45) is 5.92 Å². The Kier molecular flexibility index (Phi) is 18.9. The SMILES string of the molecule is [2H]C([2H])([2H])C([2H])(C)c1ccnc(-c2[c-]ccc3c2oc2nc(C)ccc23)c1.[2H]C([2H])([2H])c1ccc(-c2[c-]ccc3c2oc2nc(C)ccc23)nc1.[2H]C([2H])([2H])c1cnc(-c2[c-]cccc2)cc1C([2H])([2H])[2H].[2H]C([2H])([2H])c1cnc(-c2[c-]cccc2)cc1C([2H])([2H])[2H].[2H]C([2H])([2H])c1cnc(-c2[c-]cccc2)cc1C([2H])([2H])[2H].[2H]C([2H])(c1ccnc(-c2[c-]ccc3c2oc2nc(C)ccc23)c1)C(C)C.[Ir].[Ir].[Ir]. The maximum Gasteiger partial charge on any atom is 0.216 e. The molecule has 0 bridgehead atoms. The Morgan fingerprint density at radius 3 is 1.12 bits per heavy atom. The molecule has 0 aliphatic rings. The van der Waals surface area contributed by atoms with Crippen LogP contribution in [-0.4, -0.2) is 44.9 Å². The molecule has 573 valence electrons. The van der Waals surface area contributed by atoms with Crippen molar-refractivity contribution in [1.82, 2.24) is 44.9 Å². The van der Waals surface area contributed by atoms with E-state index in [9.17, 15) is 0 Å². The van der Waals surface area contributed by atoms with Crippen molar-refractivity contribution in [2.75, 3.05) is 0 Å². The fourth-order valence-electron chi connectivity index (χ4n) is 11.5. The van der Waals surface area contributed by atoms with Crippen LogP contribution in [0.1, 0.15) is 138 Å². The summed E-state index contributed by atoms with van der Waals surface area (Å²) >= 11 is 0. The Hall–Kier alpha value is -11.0. The van der Waals surface area contributed by atoms with Gasteiger partial charge in [0.25, 0.3) is 0 Å². The summed E-state index contributed by atoms with van der Waals surface area (Å²) in [4.78, 5) is 38.5. The van der Waals surface area contributed by atoms with Gasteiger partial charge in [-0.1, -0.05) is 131 Å². The first-order valence-electron chi connectivity index (χ1n) is 48.0. The molecule has 113 heavy (non-hydrogen) atoms. The Labute approximate surface area is 740 Å². The minimum atomic E-state index is -2.50. The van der Waals surface area contributed by atoms with Gasteiger partial charge >= 0.3 is 0 Å². The first-order chi connectivity index (χ1) is 64.1. The number of aromatic nitrogens is 9. The van der Waals surface area contributed by atoms with Gasteiger partial charge in [-0.05, 0) is 192 Å². The topological polar surface area (TPSA) is 155 Å². The zero-order valence-electron chi connectivity index (χ0n) is 88.3. The van der Waals surface area contributed by atoms with Crippen LogP contribution in [-0.2, 0) is 66.7 Å². The second kappa shape index (κ2) is 39.0. The summed E-state index contributed by atoms with van der Waals surface area (Å²) in [6.45, 7) is -8.77. The molecule has 0 saturated carbocycles. The summed E-state index contributed by atoms with van der Waals surface area (Å²) < 4.78 is 222. The number of hydrogen-bond acceptors (Lipinski definition) is 12. The normalized spacial score (nSPS) is 15.8. The molecule has 1 unspecified atom stereocenters. The van der Waals surface area contributed by atoms with E-state index in [1.807, 2.05) is 101 Å². The number of rotatable bonds is 9. The second-order valence-electron chi connectivity index (χ2n) is 25.4. The fourth-order valence-corrected chi connectivity index (χ4v) is 11.5. The molecular formula is C98H85Ir3N9O3-6. The monoisotopic (exact) mass is 2040 g/mol. The molecule has 3 radical (unpaired) electrons. The first kappa shape index (κ1) is 54.7. The molecule has 12 nitrogen and oxygen atoms in total. The second-order valence-corrected chi connectivity index (χ2v) is 25.4.